The van der Waals surface area contributed by atoms with Gasteiger partial charge in [-0.1, -0.05) is 12.1 Å². The second kappa shape index (κ2) is 8.59. The van der Waals surface area contributed by atoms with Crippen molar-refractivity contribution in [3.63, 3.8) is 0 Å². The highest BCUT2D eigenvalue weighted by atomic mass is 31.2. The first-order chi connectivity index (χ1) is 14.8. The number of hydrogen-bond donors (Lipinski definition) is 1. The summed E-state index contributed by atoms with van der Waals surface area (Å²) in [6.07, 6.45) is 2.62. The Labute approximate surface area is 180 Å². The zero-order chi connectivity index (χ0) is 22.2. The molecule has 2 aliphatic rings. The molecule has 4 rings (SSSR count). The number of benzene rings is 1. The van der Waals surface area contributed by atoms with E-state index in [-0.39, 0.29) is 47.5 Å². The molecule has 2 fully saturated rings. The monoisotopic (exact) mass is 447 g/mol. The number of nitrogens with zero attached hydrogens (tertiary/aromatic N) is 2. The first kappa shape index (κ1) is 21.8. The van der Waals surface area contributed by atoms with Crippen LogP contribution in [0.25, 0.3) is 11.1 Å². The number of ether oxygens (including phenoxy) is 1. The number of rotatable bonds is 6. The average molecular weight is 447 g/mol. The van der Waals surface area contributed by atoms with E-state index < -0.39 is 18.8 Å². The van der Waals surface area contributed by atoms with Gasteiger partial charge in [0.15, 0.2) is 0 Å². The Balaban J connectivity index is 1.98. The maximum Gasteiger partial charge on any atom is 0.448 e. The van der Waals surface area contributed by atoms with Crippen molar-refractivity contribution in [2.45, 2.75) is 33.1 Å². The molecule has 31 heavy (non-hydrogen) atoms. The first-order valence-electron chi connectivity index (χ1n) is 10.2. The number of carbonyl (C=O) groups is 1. The van der Waals surface area contributed by atoms with Crippen molar-refractivity contribution < 1.29 is 28.4 Å². The first-order valence-corrected chi connectivity index (χ1v) is 11.7. The maximum atomic E-state index is 13.1. The molecule has 1 saturated carbocycles. The summed E-state index contributed by atoms with van der Waals surface area (Å²) in [6.45, 7) is 4.14. The summed E-state index contributed by atoms with van der Waals surface area (Å²) < 4.78 is 16.8. The van der Waals surface area contributed by atoms with Crippen LogP contribution in [0.15, 0.2) is 24.3 Å². The molecule has 1 aromatic carbocycles. The molecule has 2 aromatic rings. The molecule has 10 heteroatoms. The maximum absolute atomic E-state index is 13.1. The second-order valence-corrected chi connectivity index (χ2v) is 9.74. The Morgan fingerprint density at radius 3 is 2.58 bits per heavy atom. The molecule has 1 saturated heterocycles. The molecular formula is C21H24N2O7P+. The van der Waals surface area contributed by atoms with E-state index in [2.05, 4.69) is 4.98 Å². The van der Waals surface area contributed by atoms with Gasteiger partial charge in [0.05, 0.1) is 39.6 Å². The predicted octanol–water partition coefficient (Wildman–Crippen LogP) is 3.66. The number of hydrogen-bond acceptors (Lipinski definition) is 8. The molecule has 1 aromatic heterocycles. The lowest BCUT2D eigenvalue weighted by atomic mass is 9.96. The summed E-state index contributed by atoms with van der Waals surface area (Å²) in [5.41, 5.74) is 1.01. The van der Waals surface area contributed by atoms with E-state index >= 15 is 0 Å². The van der Waals surface area contributed by atoms with E-state index in [9.17, 15) is 19.8 Å². The summed E-state index contributed by atoms with van der Waals surface area (Å²) in [7, 11) is -3.61. The van der Waals surface area contributed by atoms with Crippen molar-refractivity contribution in [3.05, 3.63) is 51.3 Å². The van der Waals surface area contributed by atoms with Gasteiger partial charge in [-0.3, -0.25) is 15.1 Å². The van der Waals surface area contributed by atoms with Crippen LogP contribution in [0.4, 0.5) is 5.69 Å². The van der Waals surface area contributed by atoms with Gasteiger partial charge in [0.1, 0.15) is 13.2 Å². The fourth-order valence-corrected chi connectivity index (χ4v) is 5.75. The largest absolute Gasteiger partial charge is 0.462 e. The summed E-state index contributed by atoms with van der Waals surface area (Å²) >= 11 is 0. The van der Waals surface area contributed by atoms with Crippen LogP contribution in [0.2, 0.25) is 0 Å². The third-order valence-corrected chi connectivity index (χ3v) is 7.53. The van der Waals surface area contributed by atoms with Gasteiger partial charge in [0.2, 0.25) is 5.30 Å². The van der Waals surface area contributed by atoms with Crippen LogP contribution < -0.4 is 5.30 Å². The Kier molecular flexibility index (Phi) is 6.03. The van der Waals surface area contributed by atoms with E-state index in [0.717, 1.165) is 12.8 Å². The molecule has 1 N–H and O–H groups in total. The molecule has 0 bridgehead atoms. The van der Waals surface area contributed by atoms with Gasteiger partial charge in [-0.15, -0.1) is 0 Å². The van der Waals surface area contributed by atoms with Crippen molar-refractivity contribution in [2.75, 3.05) is 19.8 Å². The van der Waals surface area contributed by atoms with Gasteiger partial charge < -0.3 is 4.74 Å². The molecule has 0 radical (unpaired) electrons. The summed E-state index contributed by atoms with van der Waals surface area (Å²) in [5, 5.41) is 12.0. The van der Waals surface area contributed by atoms with Gasteiger partial charge in [-0.2, -0.15) is 13.9 Å². The summed E-state index contributed by atoms with van der Waals surface area (Å²) in [5.74, 6) is -0.284. The molecule has 164 valence electrons. The molecule has 0 unspecified atom stereocenters. The highest BCUT2D eigenvalue weighted by Gasteiger charge is 2.52. The number of nitro groups is 1. The lowest BCUT2D eigenvalue weighted by molar-refractivity contribution is -0.384. The van der Waals surface area contributed by atoms with Crippen LogP contribution >= 0.6 is 7.94 Å². The topological polar surface area (TPSA) is 121 Å². The number of para-hydroxylation sites is 1. The highest BCUT2D eigenvalue weighted by molar-refractivity contribution is 7.69. The van der Waals surface area contributed by atoms with Crippen molar-refractivity contribution in [3.8, 4) is 11.1 Å². The van der Waals surface area contributed by atoms with Crippen LogP contribution in [-0.4, -0.2) is 40.6 Å². The minimum Gasteiger partial charge on any atom is -0.462 e. The predicted molar refractivity (Wildman–Crippen MR) is 114 cm³/mol. The Hall–Kier alpha value is -2.45. The molecule has 1 aliphatic carbocycles. The van der Waals surface area contributed by atoms with E-state index in [1.54, 1.807) is 32.0 Å². The van der Waals surface area contributed by atoms with E-state index in [0.29, 0.717) is 23.7 Å². The van der Waals surface area contributed by atoms with E-state index in [4.69, 9.17) is 13.8 Å². The third kappa shape index (κ3) is 4.32. The number of aromatic nitrogens is 1. The van der Waals surface area contributed by atoms with Crippen molar-refractivity contribution in [2.24, 2.45) is 5.92 Å². The van der Waals surface area contributed by atoms with Crippen LogP contribution in [0.1, 0.15) is 41.0 Å². The molecule has 0 spiro atoms. The standard InChI is InChI=1S/C21H24N2O7P/c1-13-18(21(24)28-12-15-8-9-15)19(16-6-3-4-7-17(16)23(25)26)20(14(2)22-13)31(27)29-10-5-11-30-31/h3-4,6-7,15,27H,5,8-12H2,1-2H3/q+1. The third-order valence-electron chi connectivity index (χ3n) is 5.35. The van der Waals surface area contributed by atoms with Crippen molar-refractivity contribution >= 4 is 24.9 Å². The van der Waals surface area contributed by atoms with Gasteiger partial charge in [-0.05, 0) is 38.7 Å². The van der Waals surface area contributed by atoms with Gasteiger partial charge >= 0.3 is 13.9 Å². The van der Waals surface area contributed by atoms with E-state index in [1.807, 2.05) is 0 Å². The van der Waals surface area contributed by atoms with Gasteiger partial charge in [0, 0.05) is 12.5 Å². The molecule has 1 aliphatic heterocycles. The Morgan fingerprint density at radius 1 is 1.26 bits per heavy atom. The van der Waals surface area contributed by atoms with Gasteiger partial charge in [-0.25, -0.2) is 4.79 Å². The van der Waals surface area contributed by atoms with Crippen molar-refractivity contribution in [1.82, 2.24) is 4.98 Å². The van der Waals surface area contributed by atoms with Crippen LogP contribution in [0.5, 0.6) is 0 Å². The number of nitro benzene ring substituents is 1. The van der Waals surface area contributed by atoms with Crippen LogP contribution in [0.3, 0.4) is 0 Å². The van der Waals surface area contributed by atoms with Crippen LogP contribution in [0, 0.1) is 29.9 Å². The number of pyridine rings is 1. The molecular weight excluding hydrogens is 423 g/mol. The molecule has 9 nitrogen and oxygen atoms in total. The quantitative estimate of drug-likeness (QED) is 0.308. The molecule has 0 atom stereocenters. The number of aryl methyl sites for hydroxylation is 2. The number of esters is 1. The van der Waals surface area contributed by atoms with Crippen molar-refractivity contribution in [1.29, 1.82) is 0 Å². The minimum absolute atomic E-state index is 0.0850. The normalized spacial score (nSPS) is 17.9. The summed E-state index contributed by atoms with van der Waals surface area (Å²) in [6, 6.07) is 6.09. The zero-order valence-corrected chi connectivity index (χ0v) is 18.3. The lowest BCUT2D eigenvalue weighted by Crippen LogP contribution is -2.29. The van der Waals surface area contributed by atoms with E-state index in [1.165, 1.54) is 6.07 Å². The fraction of sp³-hybridized carbons (Fsp3) is 0.429. The minimum atomic E-state index is -3.61. The second-order valence-electron chi connectivity index (χ2n) is 7.74. The zero-order valence-electron chi connectivity index (χ0n) is 17.4. The molecule has 2 heterocycles. The lowest BCUT2D eigenvalue weighted by Gasteiger charge is -2.25. The van der Waals surface area contributed by atoms with Gasteiger partial charge in [0.25, 0.3) is 5.69 Å². The van der Waals surface area contributed by atoms with Crippen LogP contribution in [-0.2, 0) is 13.8 Å². The Bertz CT molecular complexity index is 1030. The highest BCUT2D eigenvalue weighted by Crippen LogP contribution is 2.60. The number of carbonyl (C=O) groups excluding carboxylic acids is 1. The summed E-state index contributed by atoms with van der Waals surface area (Å²) in [4.78, 5) is 40.2. The Morgan fingerprint density at radius 2 is 1.94 bits per heavy atom. The average Bonchev–Trinajstić information content (AvgIpc) is 3.56. The smallest absolute Gasteiger partial charge is 0.448 e. The SMILES string of the molecule is Cc1nc(C)c([P+]2(O)OCCCO2)c(-c2ccccc2[N+](=O)[O-])c1C(=O)OCC1CC1. The molecule has 0 amide bonds. The fourth-order valence-electron chi connectivity index (χ4n) is 3.69.